The van der Waals surface area contributed by atoms with Crippen molar-refractivity contribution in [3.8, 4) is 5.75 Å². The van der Waals surface area contributed by atoms with Gasteiger partial charge in [0.1, 0.15) is 11.6 Å². The summed E-state index contributed by atoms with van der Waals surface area (Å²) >= 11 is 7.49. The molecule has 1 aromatic heterocycles. The number of thioether (sulfide) groups is 1. The highest BCUT2D eigenvalue weighted by atomic mass is 35.5. The Morgan fingerprint density at radius 3 is 2.81 bits per heavy atom. The van der Waals surface area contributed by atoms with Gasteiger partial charge in [-0.15, -0.1) is 0 Å². The average Bonchev–Trinajstić information content (AvgIpc) is 2.75. The number of benzene rings is 2. The summed E-state index contributed by atoms with van der Waals surface area (Å²) < 4.78 is 7.38. The number of hydrogen-bond donors (Lipinski definition) is 1. The molecule has 31 heavy (non-hydrogen) atoms. The van der Waals surface area contributed by atoms with Crippen molar-refractivity contribution in [1.82, 2.24) is 9.55 Å². The molecule has 160 valence electrons. The van der Waals surface area contributed by atoms with Gasteiger partial charge < -0.3 is 14.6 Å². The van der Waals surface area contributed by atoms with Crippen LogP contribution in [0.25, 0.3) is 0 Å². The summed E-state index contributed by atoms with van der Waals surface area (Å²) in [5, 5.41) is 4.07. The van der Waals surface area contributed by atoms with Crippen molar-refractivity contribution in [2.24, 2.45) is 7.05 Å². The fraction of sp³-hybridized carbons (Fsp3) is 0.261. The van der Waals surface area contributed by atoms with E-state index in [1.165, 1.54) is 11.8 Å². The molecule has 3 aromatic rings. The lowest BCUT2D eigenvalue weighted by Gasteiger charge is -2.27. The Kier molecular flexibility index (Phi) is 6.34. The molecule has 1 N–H and O–H groups in total. The predicted molar refractivity (Wildman–Crippen MR) is 123 cm³/mol. The third kappa shape index (κ3) is 4.62. The van der Waals surface area contributed by atoms with Crippen LogP contribution in [0.2, 0.25) is 5.02 Å². The summed E-state index contributed by atoms with van der Waals surface area (Å²) in [6.07, 6.45) is 0.189. The molecule has 0 saturated heterocycles. The number of rotatable bonds is 6. The van der Waals surface area contributed by atoms with Crippen LogP contribution in [0, 0.1) is 0 Å². The van der Waals surface area contributed by atoms with E-state index in [0.717, 1.165) is 11.1 Å². The van der Waals surface area contributed by atoms with Crippen molar-refractivity contribution < 1.29 is 9.53 Å². The van der Waals surface area contributed by atoms with Gasteiger partial charge in [0, 0.05) is 30.2 Å². The highest BCUT2D eigenvalue weighted by Crippen LogP contribution is 2.37. The molecule has 1 amide bonds. The first-order valence-corrected chi connectivity index (χ1v) is 11.3. The standard InChI is InChI=1S/C23H22ClN3O3S/c1-3-30-17-9-5-7-15(11-17)18-12-19(28)25-21-20(18)22(29)26-23(27(21)2)31-13-14-6-4-8-16(24)10-14/h4-11,18H,3,12-13H2,1-2H3,(H,25,28)/t18-/m1/s1. The van der Waals surface area contributed by atoms with Crippen LogP contribution in [0.3, 0.4) is 0 Å². The lowest BCUT2D eigenvalue weighted by molar-refractivity contribution is -0.116. The lowest BCUT2D eigenvalue weighted by Crippen LogP contribution is -2.33. The smallest absolute Gasteiger partial charge is 0.279 e. The number of halogens is 1. The van der Waals surface area contributed by atoms with Gasteiger partial charge in [-0.05, 0) is 42.3 Å². The first-order valence-electron chi connectivity index (χ1n) is 9.97. The highest BCUT2D eigenvalue weighted by molar-refractivity contribution is 7.98. The number of fused-ring (bicyclic) bond motifs is 1. The summed E-state index contributed by atoms with van der Waals surface area (Å²) in [6.45, 7) is 2.46. The number of anilines is 1. The van der Waals surface area contributed by atoms with Crippen LogP contribution >= 0.6 is 23.4 Å². The Morgan fingerprint density at radius 2 is 2.03 bits per heavy atom. The Bertz CT molecular complexity index is 1190. The molecular formula is C23H22ClN3O3S. The van der Waals surface area contributed by atoms with Gasteiger partial charge in [-0.3, -0.25) is 9.59 Å². The maximum atomic E-state index is 13.1. The number of nitrogens with zero attached hydrogens (tertiary/aromatic N) is 2. The summed E-state index contributed by atoms with van der Waals surface area (Å²) in [5.41, 5.74) is 2.07. The number of carbonyl (C=O) groups is 1. The topological polar surface area (TPSA) is 73.2 Å². The van der Waals surface area contributed by atoms with E-state index < -0.39 is 0 Å². The molecule has 6 nitrogen and oxygen atoms in total. The quantitative estimate of drug-likeness (QED) is 0.434. The van der Waals surface area contributed by atoms with E-state index in [9.17, 15) is 9.59 Å². The molecule has 0 bridgehead atoms. The molecule has 0 aliphatic carbocycles. The number of carbonyl (C=O) groups excluding carboxylic acids is 1. The van der Waals surface area contributed by atoms with E-state index in [0.29, 0.717) is 39.7 Å². The van der Waals surface area contributed by atoms with Crippen molar-refractivity contribution >= 4 is 35.1 Å². The van der Waals surface area contributed by atoms with Gasteiger partial charge >= 0.3 is 0 Å². The van der Waals surface area contributed by atoms with Crippen molar-refractivity contribution in [3.05, 3.63) is 80.6 Å². The first-order chi connectivity index (χ1) is 15.0. The van der Waals surface area contributed by atoms with Crippen molar-refractivity contribution in [1.29, 1.82) is 0 Å². The molecule has 0 fully saturated rings. The molecule has 8 heteroatoms. The summed E-state index contributed by atoms with van der Waals surface area (Å²) in [5.74, 6) is 1.31. The van der Waals surface area contributed by atoms with Crippen LogP contribution in [0.1, 0.15) is 36.0 Å². The number of aromatic nitrogens is 2. The van der Waals surface area contributed by atoms with Gasteiger partial charge in [0.15, 0.2) is 5.16 Å². The van der Waals surface area contributed by atoms with Gasteiger partial charge in [0.05, 0.1) is 12.2 Å². The van der Waals surface area contributed by atoms with Crippen LogP contribution in [0.5, 0.6) is 5.75 Å². The average molecular weight is 456 g/mol. The van der Waals surface area contributed by atoms with Crippen LogP contribution in [0.4, 0.5) is 5.82 Å². The van der Waals surface area contributed by atoms with Crippen molar-refractivity contribution in [2.75, 3.05) is 11.9 Å². The monoisotopic (exact) mass is 455 g/mol. The molecule has 0 unspecified atom stereocenters. The normalized spacial score (nSPS) is 15.3. The minimum Gasteiger partial charge on any atom is -0.494 e. The fourth-order valence-corrected chi connectivity index (χ4v) is 4.83. The molecule has 2 aromatic carbocycles. The zero-order chi connectivity index (χ0) is 22.0. The number of nitrogens with one attached hydrogen (secondary N) is 1. The molecule has 1 aliphatic heterocycles. The second-order valence-electron chi connectivity index (χ2n) is 7.25. The molecular weight excluding hydrogens is 434 g/mol. The second kappa shape index (κ2) is 9.16. The van der Waals surface area contributed by atoms with Gasteiger partial charge in [-0.25, -0.2) is 0 Å². The molecule has 0 radical (unpaired) electrons. The van der Waals surface area contributed by atoms with Crippen molar-refractivity contribution in [2.45, 2.75) is 30.2 Å². The van der Waals surface area contributed by atoms with E-state index in [1.54, 1.807) is 4.57 Å². The van der Waals surface area contributed by atoms with Crippen LogP contribution in [-0.2, 0) is 17.6 Å². The summed E-state index contributed by atoms with van der Waals surface area (Å²) in [6, 6.07) is 15.1. The van der Waals surface area contributed by atoms with Crippen LogP contribution in [-0.4, -0.2) is 22.1 Å². The summed E-state index contributed by atoms with van der Waals surface area (Å²) in [7, 11) is 1.81. The molecule has 0 saturated carbocycles. The number of amides is 1. The zero-order valence-electron chi connectivity index (χ0n) is 17.2. The van der Waals surface area contributed by atoms with E-state index in [-0.39, 0.29) is 23.8 Å². The molecule has 0 spiro atoms. The Labute approximate surface area is 189 Å². The largest absolute Gasteiger partial charge is 0.494 e. The van der Waals surface area contributed by atoms with E-state index in [4.69, 9.17) is 16.3 Å². The minimum atomic E-state index is -0.373. The van der Waals surface area contributed by atoms with E-state index >= 15 is 0 Å². The minimum absolute atomic E-state index is 0.133. The van der Waals surface area contributed by atoms with Gasteiger partial charge in [-0.1, -0.05) is 47.6 Å². The molecule has 1 aliphatic rings. The lowest BCUT2D eigenvalue weighted by atomic mass is 9.86. The first kappa shape index (κ1) is 21.5. The highest BCUT2D eigenvalue weighted by Gasteiger charge is 2.32. The summed E-state index contributed by atoms with van der Waals surface area (Å²) in [4.78, 5) is 29.9. The Balaban J connectivity index is 1.70. The van der Waals surface area contributed by atoms with Crippen LogP contribution in [0.15, 0.2) is 58.5 Å². The molecule has 1 atom stereocenters. The van der Waals surface area contributed by atoms with E-state index in [2.05, 4.69) is 10.3 Å². The second-order valence-corrected chi connectivity index (χ2v) is 8.63. The molecule has 4 rings (SSSR count). The third-order valence-electron chi connectivity index (χ3n) is 5.13. The SMILES string of the molecule is CCOc1cccc([C@H]2CC(=O)Nc3c2c(=O)nc(SCc2cccc(Cl)c2)n3C)c1. The Hall–Kier alpha value is -2.77. The zero-order valence-corrected chi connectivity index (χ0v) is 18.8. The number of ether oxygens (including phenoxy) is 1. The number of hydrogen-bond acceptors (Lipinski definition) is 5. The van der Waals surface area contributed by atoms with Gasteiger partial charge in [0.2, 0.25) is 5.91 Å². The van der Waals surface area contributed by atoms with E-state index in [1.807, 2.05) is 62.5 Å². The maximum Gasteiger partial charge on any atom is 0.279 e. The van der Waals surface area contributed by atoms with Gasteiger partial charge in [0.25, 0.3) is 5.56 Å². The van der Waals surface area contributed by atoms with Gasteiger partial charge in [-0.2, -0.15) is 4.98 Å². The third-order valence-corrected chi connectivity index (χ3v) is 6.47. The maximum absolute atomic E-state index is 13.1. The Morgan fingerprint density at radius 1 is 1.23 bits per heavy atom. The van der Waals surface area contributed by atoms with Crippen molar-refractivity contribution in [3.63, 3.8) is 0 Å². The fourth-order valence-electron chi connectivity index (χ4n) is 3.71. The molecule has 2 heterocycles. The predicted octanol–water partition coefficient (Wildman–Crippen LogP) is 4.60. The van der Waals surface area contributed by atoms with Crippen LogP contribution < -0.4 is 15.6 Å².